The van der Waals surface area contributed by atoms with E-state index in [9.17, 15) is 4.79 Å². The van der Waals surface area contributed by atoms with E-state index in [0.29, 0.717) is 23.2 Å². The van der Waals surface area contributed by atoms with Crippen LogP contribution < -0.4 is 9.47 Å². The van der Waals surface area contributed by atoms with Crippen LogP contribution in [0.3, 0.4) is 0 Å². The molecule has 0 unspecified atom stereocenters. The largest absolute Gasteiger partial charge is 0.497 e. The predicted octanol–water partition coefficient (Wildman–Crippen LogP) is 4.14. The fourth-order valence-electron chi connectivity index (χ4n) is 2.81. The second-order valence-corrected chi connectivity index (χ2v) is 6.92. The summed E-state index contributed by atoms with van der Waals surface area (Å²) in [5.74, 6) is 1.83. The molecule has 1 amide bonds. The van der Waals surface area contributed by atoms with Crippen LogP contribution in [0.5, 0.6) is 11.6 Å². The fourth-order valence-corrected chi connectivity index (χ4v) is 4.08. The van der Waals surface area contributed by atoms with Gasteiger partial charge in [0.25, 0.3) is 5.91 Å². The summed E-state index contributed by atoms with van der Waals surface area (Å²) in [5, 5.41) is 0.698. The Morgan fingerprint density at radius 2 is 2.07 bits per heavy atom. The number of carbonyl (C=O) groups is 1. The second kappa shape index (κ2) is 8.90. The van der Waals surface area contributed by atoms with Crippen LogP contribution in [0.15, 0.2) is 47.6 Å². The van der Waals surface area contributed by atoms with E-state index in [1.54, 1.807) is 42.1 Å². The third-order valence-electron chi connectivity index (χ3n) is 4.25. The van der Waals surface area contributed by atoms with E-state index in [1.165, 1.54) is 0 Å². The van der Waals surface area contributed by atoms with Gasteiger partial charge in [-0.3, -0.25) is 9.69 Å². The number of amidine groups is 1. The molecule has 7 heteroatoms. The summed E-state index contributed by atoms with van der Waals surface area (Å²) in [7, 11) is 1.63. The van der Waals surface area contributed by atoms with Gasteiger partial charge in [-0.2, -0.15) is 0 Å². The highest BCUT2D eigenvalue weighted by Gasteiger charge is 2.36. The molecule has 0 spiro atoms. The third kappa shape index (κ3) is 4.24. The van der Waals surface area contributed by atoms with Crippen LogP contribution in [0.1, 0.15) is 30.6 Å². The Morgan fingerprint density at radius 1 is 1.30 bits per heavy atom. The number of hydrogen-bond donors (Lipinski definition) is 0. The Bertz CT molecular complexity index is 823. The number of carbonyl (C=O) groups excluding carboxylic acids is 1. The zero-order chi connectivity index (χ0) is 19.2. The van der Waals surface area contributed by atoms with Crippen LogP contribution >= 0.6 is 11.8 Å². The van der Waals surface area contributed by atoms with Crippen LogP contribution in [-0.2, 0) is 0 Å². The van der Waals surface area contributed by atoms with Crippen LogP contribution in [0, 0.1) is 0 Å². The predicted molar refractivity (Wildman–Crippen MR) is 108 cm³/mol. The molecule has 0 aliphatic carbocycles. The topological polar surface area (TPSA) is 64.0 Å². The minimum Gasteiger partial charge on any atom is -0.497 e. The van der Waals surface area contributed by atoms with Crippen molar-refractivity contribution in [1.29, 1.82) is 0 Å². The highest BCUT2D eigenvalue weighted by atomic mass is 32.2. The van der Waals surface area contributed by atoms with Gasteiger partial charge < -0.3 is 9.47 Å². The number of methoxy groups -OCH3 is 1. The number of ether oxygens (including phenoxy) is 2. The number of pyridine rings is 1. The van der Waals surface area contributed by atoms with Gasteiger partial charge in [-0.15, -0.1) is 0 Å². The smallest absolute Gasteiger partial charge is 0.265 e. The molecule has 1 aromatic heterocycles. The summed E-state index contributed by atoms with van der Waals surface area (Å²) in [6, 6.07) is 11.1. The summed E-state index contributed by atoms with van der Waals surface area (Å²) in [4.78, 5) is 24.0. The lowest BCUT2D eigenvalue weighted by molar-refractivity contribution is 0.0814. The standard InChI is InChI=1S/C20H23N3O3S/c1-4-15-13-27-20(22-14-8-10-16(25-3)11-9-14)23(15)19(24)17-7-6-12-21-18(17)26-5-2/h6-12,15H,4-5,13H2,1-3H3/t15-/m1/s1. The summed E-state index contributed by atoms with van der Waals surface area (Å²) < 4.78 is 10.7. The van der Waals surface area contributed by atoms with Crippen LogP contribution in [-0.4, -0.2) is 46.5 Å². The van der Waals surface area contributed by atoms with Crippen LogP contribution in [0.4, 0.5) is 5.69 Å². The number of nitrogens with zero attached hydrogens (tertiary/aromatic N) is 3. The van der Waals surface area contributed by atoms with Crippen molar-refractivity contribution in [2.24, 2.45) is 4.99 Å². The second-order valence-electron chi connectivity index (χ2n) is 5.93. The number of amides is 1. The maximum absolute atomic E-state index is 13.3. The molecule has 27 heavy (non-hydrogen) atoms. The molecule has 3 rings (SSSR count). The highest BCUT2D eigenvalue weighted by molar-refractivity contribution is 8.14. The van der Waals surface area contributed by atoms with Gasteiger partial charge in [-0.05, 0) is 49.7 Å². The monoisotopic (exact) mass is 385 g/mol. The number of rotatable bonds is 6. The molecule has 0 radical (unpaired) electrons. The Hall–Kier alpha value is -2.54. The minimum absolute atomic E-state index is 0.0918. The molecule has 1 aromatic carbocycles. The van der Waals surface area contributed by atoms with Gasteiger partial charge in [0.2, 0.25) is 5.88 Å². The molecule has 1 aliphatic heterocycles. The van der Waals surface area contributed by atoms with E-state index in [-0.39, 0.29) is 11.9 Å². The first kappa shape index (κ1) is 19.2. The average molecular weight is 385 g/mol. The lowest BCUT2D eigenvalue weighted by Crippen LogP contribution is -2.39. The van der Waals surface area contributed by atoms with E-state index < -0.39 is 0 Å². The number of hydrogen-bond acceptors (Lipinski definition) is 6. The number of thioether (sulfide) groups is 1. The number of aliphatic imine (C=N–C) groups is 1. The maximum Gasteiger partial charge on any atom is 0.265 e. The van der Waals surface area contributed by atoms with Crippen molar-refractivity contribution in [3.8, 4) is 11.6 Å². The van der Waals surface area contributed by atoms with Gasteiger partial charge in [0.1, 0.15) is 11.3 Å². The van der Waals surface area contributed by atoms with Crippen molar-refractivity contribution >= 4 is 28.5 Å². The van der Waals surface area contributed by atoms with E-state index in [1.807, 2.05) is 31.2 Å². The quantitative estimate of drug-likeness (QED) is 0.748. The molecule has 0 saturated carbocycles. The van der Waals surface area contributed by atoms with Gasteiger partial charge >= 0.3 is 0 Å². The van der Waals surface area contributed by atoms with Crippen molar-refractivity contribution in [2.75, 3.05) is 19.5 Å². The molecule has 1 aliphatic rings. The third-order valence-corrected chi connectivity index (χ3v) is 5.34. The normalized spacial score (nSPS) is 18.0. The summed E-state index contributed by atoms with van der Waals surface area (Å²) in [6.45, 7) is 4.41. The van der Waals surface area contributed by atoms with Gasteiger partial charge in [-0.25, -0.2) is 9.98 Å². The first-order valence-electron chi connectivity index (χ1n) is 8.94. The Balaban J connectivity index is 1.94. The molecule has 0 bridgehead atoms. The summed E-state index contributed by atoms with van der Waals surface area (Å²) >= 11 is 1.59. The van der Waals surface area contributed by atoms with E-state index >= 15 is 0 Å². The Morgan fingerprint density at radius 3 is 2.74 bits per heavy atom. The van der Waals surface area contributed by atoms with Gasteiger partial charge in [0.15, 0.2) is 5.17 Å². The number of benzene rings is 1. The Labute approximate surface area is 163 Å². The van der Waals surface area contributed by atoms with E-state index in [4.69, 9.17) is 14.5 Å². The zero-order valence-corrected chi connectivity index (χ0v) is 16.5. The van der Waals surface area contributed by atoms with Crippen molar-refractivity contribution in [1.82, 2.24) is 9.88 Å². The zero-order valence-electron chi connectivity index (χ0n) is 15.7. The fraction of sp³-hybridized carbons (Fsp3) is 0.350. The molecule has 1 atom stereocenters. The highest BCUT2D eigenvalue weighted by Crippen LogP contribution is 2.32. The Kier molecular flexibility index (Phi) is 6.34. The SMILES string of the molecule is CCOc1ncccc1C(=O)N1C(=Nc2ccc(OC)cc2)SC[C@H]1CC. The van der Waals surface area contributed by atoms with Crippen molar-refractivity contribution in [3.63, 3.8) is 0 Å². The van der Waals surface area contributed by atoms with Crippen molar-refractivity contribution in [2.45, 2.75) is 26.3 Å². The average Bonchev–Trinajstić information content (AvgIpc) is 3.11. The molecule has 1 saturated heterocycles. The molecular weight excluding hydrogens is 362 g/mol. The molecule has 0 N–H and O–H groups in total. The van der Waals surface area contributed by atoms with Crippen LogP contribution in [0.2, 0.25) is 0 Å². The van der Waals surface area contributed by atoms with Crippen LogP contribution in [0.25, 0.3) is 0 Å². The van der Waals surface area contributed by atoms with Gasteiger partial charge in [-0.1, -0.05) is 18.7 Å². The summed E-state index contributed by atoms with van der Waals surface area (Å²) in [6.07, 6.45) is 2.48. The summed E-state index contributed by atoms with van der Waals surface area (Å²) in [5.41, 5.74) is 1.24. The van der Waals surface area contributed by atoms with Gasteiger partial charge in [0.05, 0.1) is 19.4 Å². The first-order valence-corrected chi connectivity index (χ1v) is 9.93. The van der Waals surface area contributed by atoms with E-state index in [0.717, 1.165) is 23.6 Å². The van der Waals surface area contributed by atoms with Crippen molar-refractivity contribution < 1.29 is 14.3 Å². The van der Waals surface area contributed by atoms with E-state index in [2.05, 4.69) is 11.9 Å². The maximum atomic E-state index is 13.3. The molecule has 2 heterocycles. The molecular formula is C20H23N3O3S. The lowest BCUT2D eigenvalue weighted by Gasteiger charge is -2.23. The van der Waals surface area contributed by atoms with Gasteiger partial charge in [0, 0.05) is 18.0 Å². The minimum atomic E-state index is -0.129. The molecule has 142 valence electrons. The first-order chi connectivity index (χ1) is 13.2. The molecule has 1 fully saturated rings. The molecule has 6 nitrogen and oxygen atoms in total. The lowest BCUT2D eigenvalue weighted by atomic mass is 10.2. The number of aromatic nitrogens is 1. The molecule has 2 aromatic rings. The van der Waals surface area contributed by atoms with Crippen molar-refractivity contribution in [3.05, 3.63) is 48.2 Å².